The summed E-state index contributed by atoms with van der Waals surface area (Å²) >= 11 is 1.65. The standard InChI is InChI=1S/C15H16FNOS/c1-19-15-9-5-4-8-14(15)18-11-10-17-13-7-3-2-6-12(13)16/h2-9,17H,10-11H2,1H3. The molecule has 100 valence electrons. The molecule has 2 aromatic carbocycles. The van der Waals surface area contributed by atoms with E-state index in [2.05, 4.69) is 5.32 Å². The lowest BCUT2D eigenvalue weighted by atomic mass is 10.3. The van der Waals surface area contributed by atoms with Gasteiger partial charge in [0.05, 0.1) is 5.69 Å². The van der Waals surface area contributed by atoms with Gasteiger partial charge >= 0.3 is 0 Å². The highest BCUT2D eigenvalue weighted by atomic mass is 32.2. The molecule has 0 fully saturated rings. The van der Waals surface area contributed by atoms with Gasteiger partial charge in [0, 0.05) is 11.4 Å². The summed E-state index contributed by atoms with van der Waals surface area (Å²) in [6.07, 6.45) is 2.01. The summed E-state index contributed by atoms with van der Waals surface area (Å²) in [6, 6.07) is 14.5. The average Bonchev–Trinajstić information content (AvgIpc) is 2.45. The van der Waals surface area contributed by atoms with Crippen LogP contribution in [-0.2, 0) is 0 Å². The minimum absolute atomic E-state index is 0.244. The van der Waals surface area contributed by atoms with Crippen LogP contribution in [0.15, 0.2) is 53.4 Å². The quantitative estimate of drug-likeness (QED) is 0.636. The number of anilines is 1. The lowest BCUT2D eigenvalue weighted by Crippen LogP contribution is -2.12. The number of thioether (sulfide) groups is 1. The second-order valence-electron chi connectivity index (χ2n) is 3.91. The number of rotatable bonds is 6. The first-order valence-electron chi connectivity index (χ1n) is 6.05. The van der Waals surface area contributed by atoms with Crippen LogP contribution in [0.5, 0.6) is 5.75 Å². The van der Waals surface area contributed by atoms with Crippen molar-refractivity contribution >= 4 is 17.4 Å². The average molecular weight is 277 g/mol. The molecule has 2 aromatic rings. The van der Waals surface area contributed by atoms with E-state index in [0.717, 1.165) is 10.6 Å². The van der Waals surface area contributed by atoms with Crippen molar-refractivity contribution in [2.45, 2.75) is 4.90 Å². The van der Waals surface area contributed by atoms with Gasteiger partial charge in [-0.1, -0.05) is 24.3 Å². The van der Waals surface area contributed by atoms with Gasteiger partial charge in [-0.3, -0.25) is 0 Å². The molecule has 0 spiro atoms. The van der Waals surface area contributed by atoms with Crippen molar-refractivity contribution in [3.05, 3.63) is 54.3 Å². The molecule has 1 N–H and O–H groups in total. The Morgan fingerprint density at radius 2 is 1.84 bits per heavy atom. The van der Waals surface area contributed by atoms with Gasteiger partial charge < -0.3 is 10.1 Å². The molecule has 0 amide bonds. The SMILES string of the molecule is CSc1ccccc1OCCNc1ccccc1F. The Kier molecular flexibility index (Phi) is 5.10. The van der Waals surface area contributed by atoms with Crippen molar-refractivity contribution in [2.75, 3.05) is 24.7 Å². The zero-order valence-electron chi connectivity index (χ0n) is 10.7. The third-order valence-electron chi connectivity index (χ3n) is 2.62. The highest BCUT2D eigenvalue weighted by Gasteiger charge is 2.02. The van der Waals surface area contributed by atoms with Crippen LogP contribution in [0.25, 0.3) is 0 Å². The fourth-order valence-electron chi connectivity index (χ4n) is 1.69. The van der Waals surface area contributed by atoms with Crippen LogP contribution in [0, 0.1) is 5.82 Å². The second kappa shape index (κ2) is 7.04. The Balaban J connectivity index is 1.83. The highest BCUT2D eigenvalue weighted by molar-refractivity contribution is 7.98. The Morgan fingerprint density at radius 1 is 1.11 bits per heavy atom. The number of halogens is 1. The molecule has 0 unspecified atom stereocenters. The molecule has 0 saturated heterocycles. The maximum Gasteiger partial charge on any atom is 0.146 e. The van der Waals surface area contributed by atoms with E-state index in [9.17, 15) is 4.39 Å². The van der Waals surface area contributed by atoms with Gasteiger partial charge in [-0.2, -0.15) is 0 Å². The van der Waals surface area contributed by atoms with Gasteiger partial charge in [0.1, 0.15) is 18.2 Å². The molecule has 4 heteroatoms. The van der Waals surface area contributed by atoms with Gasteiger partial charge in [0.25, 0.3) is 0 Å². The van der Waals surface area contributed by atoms with E-state index >= 15 is 0 Å². The topological polar surface area (TPSA) is 21.3 Å². The molecule has 0 aliphatic heterocycles. The van der Waals surface area contributed by atoms with Crippen LogP contribution in [0.4, 0.5) is 10.1 Å². The van der Waals surface area contributed by atoms with Gasteiger partial charge in [-0.25, -0.2) is 4.39 Å². The van der Waals surface area contributed by atoms with Gasteiger partial charge in [0.2, 0.25) is 0 Å². The molecule has 0 aliphatic carbocycles. The van der Waals surface area contributed by atoms with Crippen molar-refractivity contribution in [2.24, 2.45) is 0 Å². The molecule has 0 aliphatic rings. The first kappa shape index (κ1) is 13.7. The number of ether oxygens (including phenoxy) is 1. The van der Waals surface area contributed by atoms with Crippen LogP contribution in [0.2, 0.25) is 0 Å². The van der Waals surface area contributed by atoms with Gasteiger partial charge in [0.15, 0.2) is 0 Å². The molecule has 2 nitrogen and oxygen atoms in total. The summed E-state index contributed by atoms with van der Waals surface area (Å²) in [4.78, 5) is 1.10. The van der Waals surface area contributed by atoms with E-state index in [4.69, 9.17) is 4.74 Å². The van der Waals surface area contributed by atoms with Crippen molar-refractivity contribution in [3.8, 4) is 5.75 Å². The lowest BCUT2D eigenvalue weighted by molar-refractivity contribution is 0.325. The van der Waals surface area contributed by atoms with Crippen LogP contribution < -0.4 is 10.1 Å². The monoisotopic (exact) mass is 277 g/mol. The van der Waals surface area contributed by atoms with E-state index in [1.165, 1.54) is 6.07 Å². The molecule has 0 saturated carbocycles. The molecular weight excluding hydrogens is 261 g/mol. The summed E-state index contributed by atoms with van der Waals surface area (Å²) < 4.78 is 19.0. The van der Waals surface area contributed by atoms with Crippen molar-refractivity contribution in [1.82, 2.24) is 0 Å². The minimum atomic E-state index is -0.244. The summed E-state index contributed by atoms with van der Waals surface area (Å²) in [5.74, 6) is 0.623. The number of benzene rings is 2. The summed E-state index contributed by atoms with van der Waals surface area (Å²) in [5.41, 5.74) is 0.504. The summed E-state index contributed by atoms with van der Waals surface area (Å²) in [6.45, 7) is 1.05. The van der Waals surface area contributed by atoms with Gasteiger partial charge in [-0.15, -0.1) is 11.8 Å². The molecule has 0 bridgehead atoms. The molecule has 0 radical (unpaired) electrons. The molecule has 0 atom stereocenters. The maximum absolute atomic E-state index is 13.4. The van der Waals surface area contributed by atoms with E-state index in [0.29, 0.717) is 18.8 Å². The predicted octanol–water partition coefficient (Wildman–Crippen LogP) is 4.04. The highest BCUT2D eigenvalue weighted by Crippen LogP contribution is 2.26. The summed E-state index contributed by atoms with van der Waals surface area (Å²) in [5, 5.41) is 3.01. The number of para-hydroxylation sites is 2. The number of nitrogens with one attached hydrogen (secondary N) is 1. The van der Waals surface area contributed by atoms with Gasteiger partial charge in [-0.05, 0) is 30.5 Å². The maximum atomic E-state index is 13.4. The molecular formula is C15H16FNOS. The zero-order valence-corrected chi connectivity index (χ0v) is 11.5. The van der Waals surface area contributed by atoms with Crippen LogP contribution in [0.1, 0.15) is 0 Å². The number of hydrogen-bond acceptors (Lipinski definition) is 3. The zero-order chi connectivity index (χ0) is 13.5. The van der Waals surface area contributed by atoms with E-state index in [1.807, 2.05) is 30.5 Å². The minimum Gasteiger partial charge on any atom is -0.491 e. The Labute approximate surface area is 117 Å². The first-order chi connectivity index (χ1) is 9.31. The van der Waals surface area contributed by atoms with Crippen molar-refractivity contribution in [3.63, 3.8) is 0 Å². The second-order valence-corrected chi connectivity index (χ2v) is 4.75. The number of hydrogen-bond donors (Lipinski definition) is 1. The van der Waals surface area contributed by atoms with Crippen molar-refractivity contribution in [1.29, 1.82) is 0 Å². The third-order valence-corrected chi connectivity index (χ3v) is 3.40. The predicted molar refractivity (Wildman–Crippen MR) is 78.6 cm³/mol. The molecule has 2 rings (SSSR count). The van der Waals surface area contributed by atoms with Crippen molar-refractivity contribution < 1.29 is 9.13 Å². The smallest absolute Gasteiger partial charge is 0.146 e. The summed E-state index contributed by atoms with van der Waals surface area (Å²) in [7, 11) is 0. The molecule has 0 aromatic heterocycles. The lowest BCUT2D eigenvalue weighted by Gasteiger charge is -2.11. The van der Waals surface area contributed by atoms with E-state index in [-0.39, 0.29) is 5.82 Å². The Hall–Kier alpha value is -1.68. The molecule has 0 heterocycles. The normalized spacial score (nSPS) is 10.2. The fraction of sp³-hybridized carbons (Fsp3) is 0.200. The first-order valence-corrected chi connectivity index (χ1v) is 7.28. The Bertz CT molecular complexity index is 533. The van der Waals surface area contributed by atoms with E-state index in [1.54, 1.807) is 30.0 Å². The van der Waals surface area contributed by atoms with E-state index < -0.39 is 0 Å². The third kappa shape index (κ3) is 3.89. The fourth-order valence-corrected chi connectivity index (χ4v) is 2.23. The van der Waals surface area contributed by atoms with Crippen LogP contribution >= 0.6 is 11.8 Å². The Morgan fingerprint density at radius 3 is 2.63 bits per heavy atom. The van der Waals surface area contributed by atoms with Crippen LogP contribution in [0.3, 0.4) is 0 Å². The molecule has 19 heavy (non-hydrogen) atoms. The van der Waals surface area contributed by atoms with Crippen LogP contribution in [-0.4, -0.2) is 19.4 Å². The largest absolute Gasteiger partial charge is 0.491 e.